The highest BCUT2D eigenvalue weighted by atomic mass is 32.2. The van der Waals surface area contributed by atoms with Crippen molar-refractivity contribution in [2.75, 3.05) is 5.75 Å². The first-order chi connectivity index (χ1) is 11.7. The highest BCUT2D eigenvalue weighted by Crippen LogP contribution is 2.21. The molecule has 0 unspecified atom stereocenters. The molecule has 3 rings (SSSR count). The topological polar surface area (TPSA) is 42.0 Å². The molecular weight excluding hydrogens is 343 g/mol. The zero-order chi connectivity index (χ0) is 16.8. The first-order valence-electron chi connectivity index (χ1n) is 7.33. The fraction of sp³-hybridized carbons (Fsp3) is 0.111. The summed E-state index contributed by atoms with van der Waals surface area (Å²) in [6.07, 6.45) is 1.75. The Kier molecular flexibility index (Phi) is 5.61. The second-order valence-corrected chi connectivity index (χ2v) is 6.91. The number of thioether (sulfide) groups is 1. The van der Waals surface area contributed by atoms with Gasteiger partial charge >= 0.3 is 0 Å². The van der Waals surface area contributed by atoms with Gasteiger partial charge in [0.05, 0.1) is 11.4 Å². The van der Waals surface area contributed by atoms with E-state index in [2.05, 4.69) is 10.3 Å². The van der Waals surface area contributed by atoms with E-state index in [9.17, 15) is 9.18 Å². The van der Waals surface area contributed by atoms with Crippen LogP contribution in [0.5, 0.6) is 0 Å². The van der Waals surface area contributed by atoms with E-state index in [0.29, 0.717) is 12.3 Å². The Balaban J connectivity index is 1.51. The summed E-state index contributed by atoms with van der Waals surface area (Å²) in [4.78, 5) is 17.2. The highest BCUT2D eigenvalue weighted by Gasteiger charge is 2.05. The molecule has 1 N–H and O–H groups in total. The van der Waals surface area contributed by atoms with E-state index in [0.717, 1.165) is 21.7 Å². The Morgan fingerprint density at radius 2 is 2.04 bits per heavy atom. The van der Waals surface area contributed by atoms with Crippen LogP contribution in [0, 0.1) is 5.82 Å². The summed E-state index contributed by atoms with van der Waals surface area (Å²) in [5.41, 5.74) is 3.00. The number of thiophene rings is 1. The molecule has 0 aliphatic heterocycles. The molecule has 0 saturated heterocycles. The molecule has 0 bridgehead atoms. The lowest BCUT2D eigenvalue weighted by atomic mass is 10.1. The Morgan fingerprint density at radius 3 is 2.79 bits per heavy atom. The zero-order valence-corrected chi connectivity index (χ0v) is 14.4. The fourth-order valence-electron chi connectivity index (χ4n) is 2.08. The number of hydrogen-bond acceptors (Lipinski definition) is 4. The van der Waals surface area contributed by atoms with Crippen LogP contribution in [0.3, 0.4) is 0 Å². The van der Waals surface area contributed by atoms with Crippen molar-refractivity contribution in [2.24, 2.45) is 0 Å². The minimum atomic E-state index is -0.275. The molecule has 1 amide bonds. The van der Waals surface area contributed by atoms with Crippen LogP contribution in [0.2, 0.25) is 0 Å². The maximum Gasteiger partial charge on any atom is 0.230 e. The highest BCUT2D eigenvalue weighted by molar-refractivity contribution is 8.00. The third kappa shape index (κ3) is 4.66. The van der Waals surface area contributed by atoms with Gasteiger partial charge in [-0.2, -0.15) is 11.3 Å². The predicted molar refractivity (Wildman–Crippen MR) is 96.5 cm³/mol. The minimum Gasteiger partial charge on any atom is -0.351 e. The lowest BCUT2D eigenvalue weighted by molar-refractivity contribution is -0.118. The number of nitrogens with one attached hydrogen (secondary N) is 1. The van der Waals surface area contributed by atoms with Crippen molar-refractivity contribution in [3.05, 3.63) is 70.8 Å². The van der Waals surface area contributed by atoms with Crippen LogP contribution in [0.15, 0.2) is 64.3 Å². The molecule has 0 aliphatic carbocycles. The Bertz CT molecular complexity index is 804. The summed E-state index contributed by atoms with van der Waals surface area (Å²) >= 11 is 3.01. The lowest BCUT2D eigenvalue weighted by Crippen LogP contribution is -2.24. The van der Waals surface area contributed by atoms with E-state index in [-0.39, 0.29) is 11.7 Å². The average Bonchev–Trinajstić information content (AvgIpc) is 3.14. The number of hydrogen-bond donors (Lipinski definition) is 1. The summed E-state index contributed by atoms with van der Waals surface area (Å²) in [5, 5.41) is 6.95. The van der Waals surface area contributed by atoms with Crippen LogP contribution in [-0.2, 0) is 11.3 Å². The summed E-state index contributed by atoms with van der Waals surface area (Å²) in [7, 11) is 0. The standard InChI is InChI=1S/C18H15FN2OS2/c19-15-1-3-16(4-2-15)24-12-18(22)21-10-13-5-7-20-17(9-13)14-6-8-23-11-14/h1-9,11H,10,12H2,(H,21,22). The van der Waals surface area contributed by atoms with Gasteiger partial charge in [-0.1, -0.05) is 0 Å². The second kappa shape index (κ2) is 8.08. The quantitative estimate of drug-likeness (QED) is 0.666. The van der Waals surface area contributed by atoms with Gasteiger partial charge in [0.15, 0.2) is 0 Å². The summed E-state index contributed by atoms with van der Waals surface area (Å²) in [6, 6.07) is 12.0. The molecule has 3 nitrogen and oxygen atoms in total. The predicted octanol–water partition coefficient (Wildman–Crippen LogP) is 4.36. The number of pyridine rings is 1. The van der Waals surface area contributed by atoms with E-state index in [1.54, 1.807) is 29.7 Å². The number of benzene rings is 1. The van der Waals surface area contributed by atoms with Crippen LogP contribution >= 0.6 is 23.1 Å². The van der Waals surface area contributed by atoms with Gasteiger partial charge in [0.1, 0.15) is 5.82 Å². The maximum absolute atomic E-state index is 12.8. The monoisotopic (exact) mass is 358 g/mol. The molecule has 0 saturated carbocycles. The van der Waals surface area contributed by atoms with Gasteiger partial charge in [0.2, 0.25) is 5.91 Å². The molecule has 2 heterocycles. The van der Waals surface area contributed by atoms with Gasteiger partial charge in [-0.25, -0.2) is 4.39 Å². The second-order valence-electron chi connectivity index (χ2n) is 5.08. The third-order valence-electron chi connectivity index (χ3n) is 3.31. The smallest absolute Gasteiger partial charge is 0.230 e. The molecule has 0 fully saturated rings. The van der Waals surface area contributed by atoms with Crippen molar-refractivity contribution in [3.8, 4) is 11.3 Å². The number of carbonyl (C=O) groups excluding carboxylic acids is 1. The van der Waals surface area contributed by atoms with Crippen molar-refractivity contribution in [1.82, 2.24) is 10.3 Å². The van der Waals surface area contributed by atoms with Crippen LogP contribution in [0.25, 0.3) is 11.3 Å². The number of rotatable bonds is 6. The van der Waals surface area contributed by atoms with Gasteiger partial charge in [-0.3, -0.25) is 9.78 Å². The maximum atomic E-state index is 12.8. The van der Waals surface area contributed by atoms with Crippen molar-refractivity contribution in [1.29, 1.82) is 0 Å². The SMILES string of the molecule is O=C(CSc1ccc(F)cc1)NCc1ccnc(-c2ccsc2)c1. The number of halogens is 1. The molecular formula is C18H15FN2OS2. The molecule has 1 aromatic carbocycles. The fourth-order valence-corrected chi connectivity index (χ4v) is 3.46. The van der Waals surface area contributed by atoms with Gasteiger partial charge in [0, 0.05) is 28.6 Å². The lowest BCUT2D eigenvalue weighted by Gasteiger charge is -2.07. The third-order valence-corrected chi connectivity index (χ3v) is 5.01. The number of aromatic nitrogens is 1. The summed E-state index contributed by atoms with van der Waals surface area (Å²) < 4.78 is 12.8. The Morgan fingerprint density at radius 1 is 1.21 bits per heavy atom. The Labute approximate surface area is 148 Å². The van der Waals surface area contributed by atoms with Gasteiger partial charge in [-0.05, 0) is 53.4 Å². The van der Waals surface area contributed by atoms with E-state index < -0.39 is 0 Å². The number of amides is 1. The van der Waals surface area contributed by atoms with Gasteiger partial charge < -0.3 is 5.32 Å². The van der Waals surface area contributed by atoms with Crippen molar-refractivity contribution >= 4 is 29.0 Å². The first-order valence-corrected chi connectivity index (χ1v) is 9.26. The van der Waals surface area contributed by atoms with E-state index in [1.807, 2.05) is 29.0 Å². The van der Waals surface area contributed by atoms with Crippen molar-refractivity contribution in [3.63, 3.8) is 0 Å². The van der Waals surface area contributed by atoms with Gasteiger partial charge in [-0.15, -0.1) is 11.8 Å². The molecule has 0 atom stereocenters. The minimum absolute atomic E-state index is 0.0572. The Hall–Kier alpha value is -2.18. The molecule has 122 valence electrons. The van der Waals surface area contributed by atoms with Crippen LogP contribution in [0.4, 0.5) is 4.39 Å². The van der Waals surface area contributed by atoms with Crippen LogP contribution in [0.1, 0.15) is 5.56 Å². The summed E-state index contributed by atoms with van der Waals surface area (Å²) in [6.45, 7) is 0.461. The van der Waals surface area contributed by atoms with Crippen LogP contribution in [-0.4, -0.2) is 16.6 Å². The first kappa shape index (κ1) is 16.7. The zero-order valence-electron chi connectivity index (χ0n) is 12.7. The molecule has 0 spiro atoms. The number of carbonyl (C=O) groups is 1. The molecule has 24 heavy (non-hydrogen) atoms. The largest absolute Gasteiger partial charge is 0.351 e. The van der Waals surface area contributed by atoms with E-state index in [1.165, 1.54) is 23.9 Å². The molecule has 0 radical (unpaired) electrons. The molecule has 6 heteroatoms. The molecule has 3 aromatic rings. The normalized spacial score (nSPS) is 10.5. The molecule has 0 aliphatic rings. The molecule has 2 aromatic heterocycles. The average molecular weight is 358 g/mol. The van der Waals surface area contributed by atoms with E-state index >= 15 is 0 Å². The van der Waals surface area contributed by atoms with Gasteiger partial charge in [0.25, 0.3) is 0 Å². The summed E-state index contributed by atoms with van der Waals surface area (Å²) in [5.74, 6) is -0.0326. The number of nitrogens with zero attached hydrogens (tertiary/aromatic N) is 1. The van der Waals surface area contributed by atoms with E-state index in [4.69, 9.17) is 0 Å². The van der Waals surface area contributed by atoms with Crippen molar-refractivity contribution < 1.29 is 9.18 Å². The van der Waals surface area contributed by atoms with Crippen molar-refractivity contribution in [2.45, 2.75) is 11.4 Å². The van der Waals surface area contributed by atoms with Crippen LogP contribution < -0.4 is 5.32 Å².